The maximum atomic E-state index is 8.76. The first-order chi connectivity index (χ1) is 6.24. The molecule has 0 aliphatic heterocycles. The first kappa shape index (κ1) is 12.8. The van der Waals surface area contributed by atoms with Crippen molar-refractivity contribution in [3.63, 3.8) is 0 Å². The van der Waals surface area contributed by atoms with Crippen molar-refractivity contribution < 1.29 is 14.6 Å². The minimum absolute atomic E-state index is 0.0865. The minimum Gasteiger partial charge on any atom is -0.395 e. The van der Waals surface area contributed by atoms with Crippen LogP contribution in [0.15, 0.2) is 0 Å². The lowest BCUT2D eigenvalue weighted by molar-refractivity contribution is -0.133. The zero-order chi connectivity index (χ0) is 10.1. The van der Waals surface area contributed by atoms with Gasteiger partial charge in [-0.15, -0.1) is 0 Å². The Hall–Kier alpha value is -0.160. The lowest BCUT2D eigenvalue weighted by Gasteiger charge is -2.19. The zero-order valence-corrected chi connectivity index (χ0v) is 8.75. The molecule has 0 saturated carbocycles. The molecule has 0 aromatic rings. The topological polar surface area (TPSA) is 50.7 Å². The fraction of sp³-hybridized carbons (Fsp3) is 1.00. The SMILES string of the molecule is CCOC(CNC(C)CO)OCC. The predicted molar refractivity (Wildman–Crippen MR) is 51.6 cm³/mol. The van der Waals surface area contributed by atoms with Crippen molar-refractivity contribution in [1.82, 2.24) is 5.32 Å². The molecule has 0 heterocycles. The quantitative estimate of drug-likeness (QED) is 0.544. The van der Waals surface area contributed by atoms with E-state index in [1.54, 1.807) is 0 Å². The Labute approximate surface area is 80.2 Å². The van der Waals surface area contributed by atoms with Crippen LogP contribution in [-0.2, 0) is 9.47 Å². The van der Waals surface area contributed by atoms with Crippen LogP contribution in [0.1, 0.15) is 20.8 Å². The summed E-state index contributed by atoms with van der Waals surface area (Å²) in [4.78, 5) is 0. The van der Waals surface area contributed by atoms with Gasteiger partial charge in [-0.2, -0.15) is 0 Å². The molecule has 0 aliphatic carbocycles. The second-order valence-corrected chi connectivity index (χ2v) is 2.83. The standard InChI is InChI=1S/C9H21NO3/c1-4-12-9(13-5-2)6-10-8(3)7-11/h8-11H,4-7H2,1-3H3. The molecule has 13 heavy (non-hydrogen) atoms. The molecule has 0 aromatic carbocycles. The van der Waals surface area contributed by atoms with Crippen molar-refractivity contribution in [2.45, 2.75) is 33.1 Å². The first-order valence-electron chi connectivity index (χ1n) is 4.82. The lowest BCUT2D eigenvalue weighted by Crippen LogP contribution is -2.38. The van der Waals surface area contributed by atoms with Crippen LogP contribution in [0.3, 0.4) is 0 Å². The summed E-state index contributed by atoms with van der Waals surface area (Å²) in [7, 11) is 0. The molecule has 0 saturated heterocycles. The van der Waals surface area contributed by atoms with E-state index in [9.17, 15) is 0 Å². The van der Waals surface area contributed by atoms with E-state index < -0.39 is 0 Å². The molecule has 80 valence electrons. The fourth-order valence-corrected chi connectivity index (χ4v) is 0.900. The normalized spacial score (nSPS) is 13.6. The van der Waals surface area contributed by atoms with Gasteiger partial charge in [-0.05, 0) is 20.8 Å². The van der Waals surface area contributed by atoms with Crippen LogP contribution in [0.25, 0.3) is 0 Å². The van der Waals surface area contributed by atoms with Crippen molar-refractivity contribution in [3.8, 4) is 0 Å². The summed E-state index contributed by atoms with van der Waals surface area (Å²) in [5.41, 5.74) is 0. The number of aliphatic hydroxyl groups excluding tert-OH is 1. The third kappa shape index (κ3) is 6.95. The molecule has 2 N–H and O–H groups in total. The van der Waals surface area contributed by atoms with Gasteiger partial charge in [0.15, 0.2) is 6.29 Å². The van der Waals surface area contributed by atoms with Gasteiger partial charge < -0.3 is 19.9 Å². The van der Waals surface area contributed by atoms with E-state index in [4.69, 9.17) is 14.6 Å². The smallest absolute Gasteiger partial charge is 0.169 e. The van der Waals surface area contributed by atoms with Gasteiger partial charge in [0.25, 0.3) is 0 Å². The molecule has 0 bridgehead atoms. The van der Waals surface area contributed by atoms with Crippen LogP contribution < -0.4 is 5.32 Å². The highest BCUT2D eigenvalue weighted by atomic mass is 16.7. The highest BCUT2D eigenvalue weighted by Gasteiger charge is 2.08. The second-order valence-electron chi connectivity index (χ2n) is 2.83. The zero-order valence-electron chi connectivity index (χ0n) is 8.75. The van der Waals surface area contributed by atoms with Crippen LogP contribution in [-0.4, -0.2) is 43.8 Å². The van der Waals surface area contributed by atoms with Crippen molar-refractivity contribution >= 4 is 0 Å². The molecule has 0 amide bonds. The number of aliphatic hydroxyl groups is 1. The third-order valence-corrected chi connectivity index (χ3v) is 1.61. The molecule has 4 nitrogen and oxygen atoms in total. The van der Waals surface area contributed by atoms with Crippen LogP contribution in [0, 0.1) is 0 Å². The molecule has 0 aliphatic rings. The van der Waals surface area contributed by atoms with Crippen molar-refractivity contribution in [3.05, 3.63) is 0 Å². The van der Waals surface area contributed by atoms with Gasteiger partial charge >= 0.3 is 0 Å². The maximum absolute atomic E-state index is 8.76. The number of ether oxygens (including phenoxy) is 2. The average Bonchev–Trinajstić information content (AvgIpc) is 2.14. The lowest BCUT2D eigenvalue weighted by atomic mass is 10.3. The van der Waals surface area contributed by atoms with E-state index in [0.29, 0.717) is 19.8 Å². The van der Waals surface area contributed by atoms with Crippen LogP contribution in [0.2, 0.25) is 0 Å². The highest BCUT2D eigenvalue weighted by Crippen LogP contribution is 1.93. The summed E-state index contributed by atoms with van der Waals surface area (Å²) in [5.74, 6) is 0. The predicted octanol–water partition coefficient (Wildman–Crippen LogP) is 0.356. The summed E-state index contributed by atoms with van der Waals surface area (Å²) < 4.78 is 10.6. The molecular weight excluding hydrogens is 170 g/mol. The van der Waals surface area contributed by atoms with Crippen LogP contribution in [0.5, 0.6) is 0 Å². The van der Waals surface area contributed by atoms with Crippen LogP contribution in [0.4, 0.5) is 0 Å². The van der Waals surface area contributed by atoms with Crippen molar-refractivity contribution in [2.75, 3.05) is 26.4 Å². The van der Waals surface area contributed by atoms with E-state index in [1.807, 2.05) is 20.8 Å². The maximum Gasteiger partial charge on any atom is 0.169 e. The summed E-state index contributed by atoms with van der Waals surface area (Å²) in [6.45, 7) is 7.80. The number of hydrogen-bond donors (Lipinski definition) is 2. The molecule has 0 fully saturated rings. The van der Waals surface area contributed by atoms with E-state index in [-0.39, 0.29) is 18.9 Å². The second kappa shape index (κ2) is 8.44. The summed E-state index contributed by atoms with van der Waals surface area (Å²) in [6.07, 6.45) is -0.205. The fourth-order valence-electron chi connectivity index (χ4n) is 0.900. The minimum atomic E-state index is -0.205. The van der Waals surface area contributed by atoms with E-state index in [2.05, 4.69) is 5.32 Å². The van der Waals surface area contributed by atoms with E-state index in [0.717, 1.165) is 0 Å². The Morgan fingerprint density at radius 1 is 1.23 bits per heavy atom. The van der Waals surface area contributed by atoms with Crippen molar-refractivity contribution in [1.29, 1.82) is 0 Å². The molecule has 0 spiro atoms. The highest BCUT2D eigenvalue weighted by molar-refractivity contribution is 4.59. The van der Waals surface area contributed by atoms with Gasteiger partial charge in [0, 0.05) is 25.8 Å². The van der Waals surface area contributed by atoms with Gasteiger partial charge in [0.1, 0.15) is 0 Å². The average molecular weight is 191 g/mol. The Morgan fingerprint density at radius 2 is 1.77 bits per heavy atom. The summed E-state index contributed by atoms with van der Waals surface area (Å²) in [5, 5.41) is 11.9. The monoisotopic (exact) mass is 191 g/mol. The van der Waals surface area contributed by atoms with E-state index >= 15 is 0 Å². The molecular formula is C9H21NO3. The number of hydrogen-bond acceptors (Lipinski definition) is 4. The van der Waals surface area contributed by atoms with Gasteiger partial charge in [-0.1, -0.05) is 0 Å². The van der Waals surface area contributed by atoms with Crippen molar-refractivity contribution in [2.24, 2.45) is 0 Å². The Kier molecular flexibility index (Phi) is 8.33. The third-order valence-electron chi connectivity index (χ3n) is 1.61. The molecule has 1 unspecified atom stereocenters. The molecule has 0 radical (unpaired) electrons. The largest absolute Gasteiger partial charge is 0.395 e. The van der Waals surface area contributed by atoms with E-state index in [1.165, 1.54) is 0 Å². The summed E-state index contributed by atoms with van der Waals surface area (Å²) >= 11 is 0. The Morgan fingerprint density at radius 3 is 2.15 bits per heavy atom. The van der Waals surface area contributed by atoms with Crippen LogP contribution >= 0.6 is 0 Å². The van der Waals surface area contributed by atoms with Gasteiger partial charge in [-0.3, -0.25) is 0 Å². The molecule has 0 rings (SSSR count). The Balaban J connectivity index is 3.55. The van der Waals surface area contributed by atoms with Gasteiger partial charge in [-0.25, -0.2) is 0 Å². The first-order valence-corrected chi connectivity index (χ1v) is 4.82. The van der Waals surface area contributed by atoms with Gasteiger partial charge in [0.2, 0.25) is 0 Å². The Bertz CT molecular complexity index is 105. The number of nitrogens with one attached hydrogen (secondary N) is 1. The summed E-state index contributed by atoms with van der Waals surface area (Å²) in [6, 6.07) is 0.0865. The van der Waals surface area contributed by atoms with Gasteiger partial charge in [0.05, 0.1) is 6.61 Å². The number of rotatable bonds is 8. The molecule has 0 aromatic heterocycles. The molecule has 1 atom stereocenters. The molecule has 4 heteroatoms.